The average molecular weight is 260 g/mol. The first-order chi connectivity index (χ1) is 8.81. The molecule has 0 radical (unpaired) electrons. The zero-order chi connectivity index (χ0) is 14.2. The Morgan fingerprint density at radius 2 is 2.00 bits per heavy atom. The molecule has 1 aromatic carbocycles. The number of benzene rings is 1. The Balaban J connectivity index is 2.43. The molecule has 2 aromatic rings. The molecule has 0 spiro atoms. The van der Waals surface area contributed by atoms with Crippen molar-refractivity contribution < 1.29 is 14.3 Å². The van der Waals surface area contributed by atoms with Gasteiger partial charge in [-0.15, -0.1) is 0 Å². The number of ether oxygens (including phenoxy) is 1. The van der Waals surface area contributed by atoms with Crippen molar-refractivity contribution in [2.24, 2.45) is 5.73 Å². The van der Waals surface area contributed by atoms with E-state index in [4.69, 9.17) is 10.5 Å². The first kappa shape index (κ1) is 13.1. The third kappa shape index (κ3) is 2.45. The van der Waals surface area contributed by atoms with Crippen molar-refractivity contribution in [3.63, 3.8) is 0 Å². The van der Waals surface area contributed by atoms with Crippen LogP contribution >= 0.6 is 0 Å². The van der Waals surface area contributed by atoms with Crippen LogP contribution < -0.4 is 15.2 Å². The summed E-state index contributed by atoms with van der Waals surface area (Å²) in [5, 5.41) is 12.6. The fraction of sp³-hybridized carbons (Fsp3) is 0.286. The minimum Gasteiger partial charge on any atom is -0.618 e. The van der Waals surface area contributed by atoms with Crippen LogP contribution in [0.4, 0.5) is 0 Å². The molecule has 0 saturated heterocycles. The Hall–Kier alpha value is -2.30. The molecule has 0 aliphatic carbocycles. The Kier molecular flexibility index (Phi) is 3.06. The number of fused-ring (bicyclic) bond motifs is 1. The molecule has 0 bridgehead atoms. The lowest BCUT2D eigenvalue weighted by Gasteiger charge is -2.22. The van der Waals surface area contributed by atoms with Crippen molar-refractivity contribution in [3.05, 3.63) is 41.2 Å². The summed E-state index contributed by atoms with van der Waals surface area (Å²) in [6, 6.07) is 8.61. The highest BCUT2D eigenvalue weighted by Crippen LogP contribution is 2.22. The zero-order valence-electron chi connectivity index (χ0n) is 11.1. The van der Waals surface area contributed by atoms with E-state index in [1.807, 2.05) is 6.07 Å². The van der Waals surface area contributed by atoms with Crippen molar-refractivity contribution in [2.75, 3.05) is 0 Å². The van der Waals surface area contributed by atoms with Crippen molar-refractivity contribution >= 4 is 16.8 Å². The molecule has 0 aliphatic heterocycles. The number of carbonyl (C=O) groups excluding carboxylic acids is 1. The van der Waals surface area contributed by atoms with Crippen molar-refractivity contribution in [2.45, 2.75) is 26.4 Å². The molecule has 2 N–H and O–H groups in total. The minimum absolute atomic E-state index is 0.500. The average Bonchev–Trinajstić information content (AvgIpc) is 2.33. The number of amides is 1. The summed E-state index contributed by atoms with van der Waals surface area (Å²) in [6.45, 7) is 4.94. The van der Waals surface area contributed by atoms with Crippen LogP contribution in [0.5, 0.6) is 5.75 Å². The number of rotatable bonds is 3. The van der Waals surface area contributed by atoms with E-state index in [1.165, 1.54) is 0 Å². The molecule has 0 fully saturated rings. The smallest absolute Gasteiger partial charge is 0.261 e. The van der Waals surface area contributed by atoms with Gasteiger partial charge in [0.15, 0.2) is 11.3 Å². The second-order valence-corrected chi connectivity index (χ2v) is 4.97. The number of primary amides is 1. The summed E-state index contributed by atoms with van der Waals surface area (Å²) in [5.74, 6) is -0.0458. The number of nitrogens with two attached hydrogens (primary N) is 1. The summed E-state index contributed by atoms with van der Waals surface area (Å²) < 4.78 is 6.42. The van der Waals surface area contributed by atoms with Crippen LogP contribution in [-0.2, 0) is 4.79 Å². The Morgan fingerprint density at radius 3 is 2.63 bits per heavy atom. The van der Waals surface area contributed by atoms with Crippen LogP contribution in [0, 0.1) is 12.1 Å². The van der Waals surface area contributed by atoms with Gasteiger partial charge in [-0.25, -0.2) is 0 Å². The normalized spacial score (nSPS) is 11.5. The fourth-order valence-corrected chi connectivity index (χ4v) is 1.73. The van der Waals surface area contributed by atoms with Gasteiger partial charge < -0.3 is 15.7 Å². The molecule has 5 heteroatoms. The standard InChI is InChI=1S/C14H16N2O3/c1-9-4-5-10-8-11(6-7-12(10)16(9)18)19-14(2,3)13(15)17/h4-8H,1-3H3,(H2,15,17). The topological polar surface area (TPSA) is 79.3 Å². The van der Waals surface area contributed by atoms with Gasteiger partial charge in [-0.1, -0.05) is 0 Å². The molecule has 2 rings (SSSR count). The summed E-state index contributed by atoms with van der Waals surface area (Å²) in [6.07, 6.45) is 0. The summed E-state index contributed by atoms with van der Waals surface area (Å²) in [7, 11) is 0. The first-order valence-electron chi connectivity index (χ1n) is 5.93. The molecule has 0 unspecified atom stereocenters. The largest absolute Gasteiger partial charge is 0.618 e. The number of hydrogen-bond donors (Lipinski definition) is 1. The van der Waals surface area contributed by atoms with Gasteiger partial charge >= 0.3 is 0 Å². The van der Waals surface area contributed by atoms with E-state index >= 15 is 0 Å². The fourth-order valence-electron chi connectivity index (χ4n) is 1.73. The third-order valence-electron chi connectivity index (χ3n) is 3.01. The summed E-state index contributed by atoms with van der Waals surface area (Å²) in [4.78, 5) is 11.2. The Labute approximate surface area is 111 Å². The van der Waals surface area contributed by atoms with Gasteiger partial charge in [0, 0.05) is 19.1 Å². The molecule has 0 aliphatic rings. The Bertz CT molecular complexity index is 650. The second-order valence-electron chi connectivity index (χ2n) is 4.97. The van der Waals surface area contributed by atoms with Gasteiger partial charge in [-0.2, -0.15) is 4.73 Å². The van der Waals surface area contributed by atoms with E-state index < -0.39 is 11.5 Å². The maximum atomic E-state index is 11.8. The minimum atomic E-state index is -1.09. The highest BCUT2D eigenvalue weighted by molar-refractivity contribution is 5.83. The lowest BCUT2D eigenvalue weighted by atomic mass is 10.1. The van der Waals surface area contributed by atoms with Crippen LogP contribution in [0.2, 0.25) is 0 Å². The van der Waals surface area contributed by atoms with Gasteiger partial charge in [-0.3, -0.25) is 4.79 Å². The molecule has 1 aromatic heterocycles. The van der Waals surface area contributed by atoms with Gasteiger partial charge in [0.2, 0.25) is 5.52 Å². The van der Waals surface area contributed by atoms with E-state index in [0.29, 0.717) is 17.0 Å². The van der Waals surface area contributed by atoms with Gasteiger partial charge in [0.1, 0.15) is 5.75 Å². The summed E-state index contributed by atoms with van der Waals surface area (Å²) >= 11 is 0. The van der Waals surface area contributed by atoms with E-state index in [2.05, 4.69) is 0 Å². The number of aryl methyl sites for hydroxylation is 1. The lowest BCUT2D eigenvalue weighted by Crippen LogP contribution is -2.43. The number of carbonyl (C=O) groups is 1. The van der Waals surface area contributed by atoms with Crippen molar-refractivity contribution in [1.82, 2.24) is 0 Å². The highest BCUT2D eigenvalue weighted by atomic mass is 16.5. The van der Waals surface area contributed by atoms with E-state index in [1.54, 1.807) is 45.0 Å². The van der Waals surface area contributed by atoms with Crippen LogP contribution in [0.15, 0.2) is 30.3 Å². The van der Waals surface area contributed by atoms with E-state index in [9.17, 15) is 10.0 Å². The molecule has 1 amide bonds. The molecule has 0 atom stereocenters. The molecular formula is C14H16N2O3. The van der Waals surface area contributed by atoms with Crippen LogP contribution in [0.3, 0.4) is 0 Å². The molecule has 1 heterocycles. The predicted molar refractivity (Wildman–Crippen MR) is 71.5 cm³/mol. The maximum absolute atomic E-state index is 11.8. The first-order valence-corrected chi connectivity index (χ1v) is 5.93. The van der Waals surface area contributed by atoms with Crippen LogP contribution in [0.25, 0.3) is 10.9 Å². The van der Waals surface area contributed by atoms with Gasteiger partial charge in [-0.05, 0) is 32.0 Å². The number of hydrogen-bond acceptors (Lipinski definition) is 3. The van der Waals surface area contributed by atoms with Crippen LogP contribution in [-0.4, -0.2) is 11.5 Å². The number of nitrogens with zero attached hydrogens (tertiary/aromatic N) is 1. The second kappa shape index (κ2) is 4.42. The summed E-state index contributed by atoms with van der Waals surface area (Å²) in [5.41, 5.74) is 5.35. The third-order valence-corrected chi connectivity index (χ3v) is 3.01. The number of pyridine rings is 1. The quantitative estimate of drug-likeness (QED) is 0.669. The van der Waals surface area contributed by atoms with Gasteiger partial charge in [0.25, 0.3) is 5.91 Å². The van der Waals surface area contributed by atoms with Crippen molar-refractivity contribution in [1.29, 1.82) is 0 Å². The predicted octanol–water partition coefficient (Wildman–Crippen LogP) is 1.42. The Morgan fingerprint density at radius 1 is 1.32 bits per heavy atom. The van der Waals surface area contributed by atoms with Crippen molar-refractivity contribution in [3.8, 4) is 5.75 Å². The highest BCUT2D eigenvalue weighted by Gasteiger charge is 2.27. The molecule has 5 nitrogen and oxygen atoms in total. The van der Waals surface area contributed by atoms with Crippen LogP contribution in [0.1, 0.15) is 19.5 Å². The zero-order valence-corrected chi connectivity index (χ0v) is 11.1. The van der Waals surface area contributed by atoms with E-state index in [0.717, 1.165) is 10.1 Å². The molecule has 19 heavy (non-hydrogen) atoms. The maximum Gasteiger partial charge on any atom is 0.261 e. The van der Waals surface area contributed by atoms with E-state index in [-0.39, 0.29) is 0 Å². The number of aromatic nitrogens is 1. The molecular weight excluding hydrogens is 244 g/mol. The monoisotopic (exact) mass is 260 g/mol. The molecule has 100 valence electrons. The SMILES string of the molecule is Cc1ccc2cc(OC(C)(C)C(N)=O)ccc2[n+]1[O-]. The lowest BCUT2D eigenvalue weighted by molar-refractivity contribution is -0.584. The van der Waals surface area contributed by atoms with Gasteiger partial charge in [0.05, 0.1) is 5.39 Å². The molecule has 0 saturated carbocycles.